The second-order valence-electron chi connectivity index (χ2n) is 10.0. The standard InChI is InChI=1S/C30H36F3N3O4S/c1-20(2)17-36(29(38)34-24-9-7-6-8-23(24)30(31,32)33)19-28(37)35(18-27-21(3)13-15-41-27)14-12-22-10-11-25(39-4)26(16-22)40-5/h6-11,13,15-16,20H,12,14,17-19H2,1-5H3,(H,34,38). The number of hydrogen-bond donors (Lipinski definition) is 1. The van der Waals surface area contributed by atoms with E-state index in [4.69, 9.17) is 9.47 Å². The van der Waals surface area contributed by atoms with E-state index in [0.717, 1.165) is 22.1 Å². The zero-order chi connectivity index (χ0) is 30.2. The van der Waals surface area contributed by atoms with E-state index in [-0.39, 0.29) is 30.6 Å². The molecule has 3 rings (SSSR count). The molecule has 41 heavy (non-hydrogen) atoms. The van der Waals surface area contributed by atoms with Gasteiger partial charge in [0.05, 0.1) is 32.0 Å². The average Bonchev–Trinajstić information content (AvgIpc) is 3.33. The van der Waals surface area contributed by atoms with Crippen molar-refractivity contribution in [2.24, 2.45) is 5.92 Å². The lowest BCUT2D eigenvalue weighted by atomic mass is 10.1. The first-order valence-electron chi connectivity index (χ1n) is 13.2. The van der Waals surface area contributed by atoms with Gasteiger partial charge in [0.15, 0.2) is 11.5 Å². The van der Waals surface area contributed by atoms with Crippen molar-refractivity contribution in [1.29, 1.82) is 0 Å². The highest BCUT2D eigenvalue weighted by Crippen LogP contribution is 2.34. The second kappa shape index (κ2) is 14.2. The molecule has 3 amide bonds. The number of hydrogen-bond acceptors (Lipinski definition) is 5. The lowest BCUT2D eigenvalue weighted by Gasteiger charge is -2.29. The van der Waals surface area contributed by atoms with Crippen molar-refractivity contribution in [2.45, 2.75) is 39.9 Å². The summed E-state index contributed by atoms with van der Waals surface area (Å²) >= 11 is 1.54. The summed E-state index contributed by atoms with van der Waals surface area (Å²) < 4.78 is 51.3. The smallest absolute Gasteiger partial charge is 0.418 e. The van der Waals surface area contributed by atoms with Gasteiger partial charge in [0.25, 0.3) is 0 Å². The van der Waals surface area contributed by atoms with E-state index >= 15 is 0 Å². The number of halogens is 3. The molecule has 0 saturated heterocycles. The Morgan fingerprint density at radius 1 is 1.00 bits per heavy atom. The van der Waals surface area contributed by atoms with Crippen molar-refractivity contribution < 1.29 is 32.2 Å². The van der Waals surface area contributed by atoms with Crippen LogP contribution < -0.4 is 14.8 Å². The molecular formula is C30H36F3N3O4S. The highest BCUT2D eigenvalue weighted by atomic mass is 32.1. The summed E-state index contributed by atoms with van der Waals surface area (Å²) in [5.74, 6) is 0.848. The monoisotopic (exact) mass is 591 g/mol. The van der Waals surface area contributed by atoms with Gasteiger partial charge in [-0.2, -0.15) is 13.2 Å². The first kappa shape index (κ1) is 31.8. The van der Waals surface area contributed by atoms with Crippen molar-refractivity contribution in [3.05, 3.63) is 75.5 Å². The zero-order valence-corrected chi connectivity index (χ0v) is 24.7. The Morgan fingerprint density at radius 2 is 1.71 bits per heavy atom. The van der Waals surface area contributed by atoms with Crippen LogP contribution in [0.4, 0.5) is 23.7 Å². The van der Waals surface area contributed by atoms with Crippen LogP contribution in [0.2, 0.25) is 0 Å². The zero-order valence-electron chi connectivity index (χ0n) is 23.9. The summed E-state index contributed by atoms with van der Waals surface area (Å²) in [6, 6.07) is 11.6. The molecule has 2 aromatic carbocycles. The van der Waals surface area contributed by atoms with Crippen LogP contribution in [0.15, 0.2) is 53.9 Å². The number of anilines is 1. The number of benzene rings is 2. The number of carbonyl (C=O) groups is 2. The molecule has 0 aliphatic carbocycles. The minimum atomic E-state index is -4.64. The van der Waals surface area contributed by atoms with Gasteiger partial charge in [0.1, 0.15) is 6.54 Å². The summed E-state index contributed by atoms with van der Waals surface area (Å²) in [7, 11) is 3.11. The van der Waals surface area contributed by atoms with Crippen LogP contribution >= 0.6 is 11.3 Å². The predicted octanol–water partition coefficient (Wildman–Crippen LogP) is 6.85. The maximum Gasteiger partial charge on any atom is 0.418 e. The molecule has 11 heteroatoms. The average molecular weight is 592 g/mol. The molecule has 0 atom stereocenters. The van der Waals surface area contributed by atoms with E-state index < -0.39 is 17.8 Å². The Labute approximate surface area is 242 Å². The molecule has 7 nitrogen and oxygen atoms in total. The van der Waals surface area contributed by atoms with Gasteiger partial charge in [-0.05, 0) is 66.1 Å². The number of nitrogens with zero attached hydrogens (tertiary/aromatic N) is 2. The third-order valence-electron chi connectivity index (χ3n) is 6.45. The van der Waals surface area contributed by atoms with E-state index in [1.807, 2.05) is 44.4 Å². The Hall–Kier alpha value is -3.73. The number of thiophene rings is 1. The van der Waals surface area contributed by atoms with Crippen LogP contribution in [0.5, 0.6) is 11.5 Å². The third-order valence-corrected chi connectivity index (χ3v) is 7.45. The van der Waals surface area contributed by atoms with Crippen LogP contribution in [0.1, 0.15) is 35.4 Å². The topological polar surface area (TPSA) is 71.1 Å². The minimum absolute atomic E-state index is 0.0221. The fourth-order valence-corrected chi connectivity index (χ4v) is 5.21. The molecule has 0 saturated carbocycles. The van der Waals surface area contributed by atoms with Crippen molar-refractivity contribution in [2.75, 3.05) is 39.2 Å². The number of rotatable bonds is 12. The van der Waals surface area contributed by atoms with E-state index in [2.05, 4.69) is 5.32 Å². The molecule has 1 heterocycles. The number of amides is 3. The molecule has 1 N–H and O–H groups in total. The lowest BCUT2D eigenvalue weighted by Crippen LogP contribution is -2.46. The van der Waals surface area contributed by atoms with Crippen LogP contribution in [0.3, 0.4) is 0 Å². The first-order chi connectivity index (χ1) is 19.4. The summed E-state index contributed by atoms with van der Waals surface area (Å²) in [6.07, 6.45) is -4.12. The van der Waals surface area contributed by atoms with Gasteiger partial charge in [-0.1, -0.05) is 32.0 Å². The Balaban J connectivity index is 1.82. The van der Waals surface area contributed by atoms with Crippen molar-refractivity contribution in [3.63, 3.8) is 0 Å². The van der Waals surface area contributed by atoms with Crippen LogP contribution in [-0.2, 0) is 23.9 Å². The predicted molar refractivity (Wildman–Crippen MR) is 155 cm³/mol. The number of ether oxygens (including phenoxy) is 2. The van der Waals surface area contributed by atoms with E-state index in [1.54, 1.807) is 25.2 Å². The number of alkyl halides is 3. The van der Waals surface area contributed by atoms with Gasteiger partial charge < -0.3 is 24.6 Å². The normalized spacial score (nSPS) is 11.3. The highest BCUT2D eigenvalue weighted by molar-refractivity contribution is 7.10. The first-order valence-corrected chi connectivity index (χ1v) is 14.0. The Kier molecular flexibility index (Phi) is 11.0. The van der Waals surface area contributed by atoms with Gasteiger partial charge >= 0.3 is 12.2 Å². The maximum atomic E-state index is 13.7. The second-order valence-corrected chi connectivity index (χ2v) is 11.0. The molecule has 3 aromatic rings. The number of nitrogens with one attached hydrogen (secondary N) is 1. The van der Waals surface area contributed by atoms with Crippen molar-refractivity contribution in [3.8, 4) is 11.5 Å². The van der Waals surface area contributed by atoms with Crippen molar-refractivity contribution in [1.82, 2.24) is 9.80 Å². The SMILES string of the molecule is COc1ccc(CCN(Cc2sccc2C)C(=O)CN(CC(C)C)C(=O)Nc2ccccc2C(F)(F)F)cc1OC. The van der Waals surface area contributed by atoms with Gasteiger partial charge in [0, 0.05) is 18.0 Å². The fraction of sp³-hybridized carbons (Fsp3) is 0.400. The molecule has 0 fully saturated rings. The minimum Gasteiger partial charge on any atom is -0.493 e. The number of carbonyl (C=O) groups excluding carboxylic acids is 2. The van der Waals surface area contributed by atoms with Crippen molar-refractivity contribution >= 4 is 29.0 Å². The quantitative estimate of drug-likeness (QED) is 0.250. The number of aryl methyl sites for hydroxylation is 1. The fourth-order valence-electron chi connectivity index (χ4n) is 4.29. The summed E-state index contributed by atoms with van der Waals surface area (Å²) in [4.78, 5) is 30.9. The lowest BCUT2D eigenvalue weighted by molar-refractivity contribution is -0.137. The molecule has 222 valence electrons. The van der Waals surface area contributed by atoms with Crippen LogP contribution in [-0.4, -0.2) is 55.6 Å². The van der Waals surface area contributed by atoms with Gasteiger partial charge in [0.2, 0.25) is 5.91 Å². The molecule has 0 aliphatic rings. The Bertz CT molecular complexity index is 1330. The van der Waals surface area contributed by atoms with E-state index in [0.29, 0.717) is 31.0 Å². The molecule has 0 unspecified atom stereocenters. The number of para-hydroxylation sites is 1. The largest absolute Gasteiger partial charge is 0.493 e. The Morgan fingerprint density at radius 3 is 2.32 bits per heavy atom. The van der Waals surface area contributed by atoms with Gasteiger partial charge in [-0.15, -0.1) is 11.3 Å². The summed E-state index contributed by atoms with van der Waals surface area (Å²) in [6.45, 7) is 6.33. The molecule has 0 bridgehead atoms. The van der Waals surface area contributed by atoms with E-state index in [9.17, 15) is 22.8 Å². The van der Waals surface area contributed by atoms with Gasteiger partial charge in [-0.25, -0.2) is 4.79 Å². The summed E-state index contributed by atoms with van der Waals surface area (Å²) in [5, 5.41) is 4.33. The number of urea groups is 1. The van der Waals surface area contributed by atoms with Crippen LogP contribution in [0, 0.1) is 12.8 Å². The highest BCUT2D eigenvalue weighted by Gasteiger charge is 2.34. The molecule has 0 aliphatic heterocycles. The van der Waals surface area contributed by atoms with Crippen LogP contribution in [0.25, 0.3) is 0 Å². The molecule has 0 spiro atoms. The maximum absolute atomic E-state index is 13.7. The molecular weight excluding hydrogens is 555 g/mol. The number of methoxy groups -OCH3 is 2. The molecule has 1 aromatic heterocycles. The molecule has 0 radical (unpaired) electrons. The van der Waals surface area contributed by atoms with E-state index in [1.165, 1.54) is 34.4 Å². The van der Waals surface area contributed by atoms with Gasteiger partial charge in [-0.3, -0.25) is 4.79 Å². The summed E-state index contributed by atoms with van der Waals surface area (Å²) in [5.41, 5.74) is 0.683. The third kappa shape index (κ3) is 8.88.